The van der Waals surface area contributed by atoms with Crippen LogP contribution in [0.2, 0.25) is 0 Å². The summed E-state index contributed by atoms with van der Waals surface area (Å²) in [4.78, 5) is 2.47. The van der Waals surface area contributed by atoms with Gasteiger partial charge < -0.3 is 9.47 Å². The SMILES string of the molecule is CC1CCn2c(nnc2CC2CCCN2C)C1. The summed E-state index contributed by atoms with van der Waals surface area (Å²) in [5, 5.41) is 8.79. The maximum absolute atomic E-state index is 4.42. The zero-order chi connectivity index (χ0) is 11.8. The minimum absolute atomic E-state index is 0.683. The Hall–Kier alpha value is -0.900. The minimum atomic E-state index is 0.683. The molecule has 1 saturated heterocycles. The van der Waals surface area contributed by atoms with Crippen molar-refractivity contribution in [1.82, 2.24) is 19.7 Å². The number of hydrogen-bond acceptors (Lipinski definition) is 3. The molecule has 1 aromatic heterocycles. The number of likely N-dealkylation sites (tertiary alicyclic amines) is 1. The summed E-state index contributed by atoms with van der Waals surface area (Å²) in [5.74, 6) is 3.19. The van der Waals surface area contributed by atoms with E-state index >= 15 is 0 Å². The van der Waals surface area contributed by atoms with Gasteiger partial charge in [-0.05, 0) is 38.8 Å². The molecular formula is C13H22N4. The second-order valence-electron chi connectivity index (χ2n) is 5.76. The molecule has 0 radical (unpaired) electrons. The lowest BCUT2D eigenvalue weighted by Crippen LogP contribution is -2.29. The van der Waals surface area contributed by atoms with Gasteiger partial charge in [0.05, 0.1) is 0 Å². The van der Waals surface area contributed by atoms with Crippen molar-refractivity contribution >= 4 is 0 Å². The molecule has 2 aliphatic heterocycles. The van der Waals surface area contributed by atoms with E-state index in [1.807, 2.05) is 0 Å². The molecule has 94 valence electrons. The molecule has 0 aliphatic carbocycles. The van der Waals surface area contributed by atoms with E-state index in [2.05, 4.69) is 33.6 Å². The van der Waals surface area contributed by atoms with E-state index in [-0.39, 0.29) is 0 Å². The van der Waals surface area contributed by atoms with Crippen LogP contribution in [0.15, 0.2) is 0 Å². The Morgan fingerprint density at radius 2 is 2.12 bits per heavy atom. The monoisotopic (exact) mass is 234 g/mol. The predicted molar refractivity (Wildman–Crippen MR) is 66.9 cm³/mol. The van der Waals surface area contributed by atoms with Crippen molar-refractivity contribution in [2.45, 2.75) is 51.6 Å². The largest absolute Gasteiger partial charge is 0.315 e. The lowest BCUT2D eigenvalue weighted by atomic mass is 10.00. The summed E-state index contributed by atoms with van der Waals surface area (Å²) >= 11 is 0. The van der Waals surface area contributed by atoms with Gasteiger partial charge in [0.2, 0.25) is 0 Å². The molecule has 0 aromatic carbocycles. The molecule has 0 saturated carbocycles. The molecule has 2 unspecified atom stereocenters. The van der Waals surface area contributed by atoms with Crippen molar-refractivity contribution in [2.24, 2.45) is 5.92 Å². The predicted octanol–water partition coefficient (Wildman–Crippen LogP) is 1.50. The number of hydrogen-bond donors (Lipinski definition) is 0. The van der Waals surface area contributed by atoms with Crippen molar-refractivity contribution in [3.63, 3.8) is 0 Å². The first-order valence-electron chi connectivity index (χ1n) is 6.85. The van der Waals surface area contributed by atoms with Crippen LogP contribution in [0.3, 0.4) is 0 Å². The highest BCUT2D eigenvalue weighted by Gasteiger charge is 2.26. The second kappa shape index (κ2) is 4.41. The molecule has 3 heterocycles. The minimum Gasteiger partial charge on any atom is -0.315 e. The Bertz CT molecular complexity index is 398. The quantitative estimate of drug-likeness (QED) is 0.777. The number of rotatable bonds is 2. The summed E-state index contributed by atoms with van der Waals surface area (Å²) < 4.78 is 2.37. The highest BCUT2D eigenvalue weighted by molar-refractivity contribution is 5.02. The summed E-state index contributed by atoms with van der Waals surface area (Å²) in [6, 6.07) is 0.683. The number of aromatic nitrogens is 3. The first kappa shape index (κ1) is 11.2. The van der Waals surface area contributed by atoms with Crippen LogP contribution in [0, 0.1) is 5.92 Å². The van der Waals surface area contributed by atoms with Crippen LogP contribution in [-0.2, 0) is 19.4 Å². The van der Waals surface area contributed by atoms with Crippen molar-refractivity contribution in [3.05, 3.63) is 11.6 Å². The van der Waals surface area contributed by atoms with Gasteiger partial charge in [0.15, 0.2) is 0 Å². The maximum atomic E-state index is 4.42. The molecule has 4 heteroatoms. The average Bonchev–Trinajstić information content (AvgIpc) is 2.87. The van der Waals surface area contributed by atoms with Gasteiger partial charge in [0.25, 0.3) is 0 Å². The molecule has 3 rings (SSSR count). The average molecular weight is 234 g/mol. The molecular weight excluding hydrogens is 212 g/mol. The fourth-order valence-corrected chi connectivity index (χ4v) is 3.14. The summed E-state index contributed by atoms with van der Waals surface area (Å²) in [5.41, 5.74) is 0. The summed E-state index contributed by atoms with van der Waals surface area (Å²) in [6.45, 7) is 4.67. The Labute approximate surface area is 103 Å². The standard InChI is InChI=1S/C13H22N4/c1-10-5-7-17-12(8-10)14-15-13(17)9-11-4-3-6-16(11)2/h10-11H,3-9H2,1-2H3. The smallest absolute Gasteiger partial charge is 0.134 e. The number of likely N-dealkylation sites (N-methyl/N-ethyl adjacent to an activating group) is 1. The molecule has 1 aromatic rings. The van der Waals surface area contributed by atoms with Gasteiger partial charge in [0.1, 0.15) is 11.6 Å². The van der Waals surface area contributed by atoms with Crippen LogP contribution in [0.1, 0.15) is 37.8 Å². The van der Waals surface area contributed by atoms with Crippen LogP contribution in [0.4, 0.5) is 0 Å². The molecule has 2 atom stereocenters. The van der Waals surface area contributed by atoms with Gasteiger partial charge in [-0.15, -0.1) is 10.2 Å². The first-order valence-corrected chi connectivity index (χ1v) is 6.85. The fourth-order valence-electron chi connectivity index (χ4n) is 3.14. The number of fused-ring (bicyclic) bond motifs is 1. The summed E-state index contributed by atoms with van der Waals surface area (Å²) in [7, 11) is 2.23. The third-order valence-corrected chi connectivity index (χ3v) is 4.37. The topological polar surface area (TPSA) is 34.0 Å². The van der Waals surface area contributed by atoms with E-state index in [9.17, 15) is 0 Å². The zero-order valence-electron chi connectivity index (χ0n) is 10.9. The van der Waals surface area contributed by atoms with Crippen molar-refractivity contribution in [2.75, 3.05) is 13.6 Å². The molecule has 0 bridgehead atoms. The van der Waals surface area contributed by atoms with Crippen molar-refractivity contribution < 1.29 is 0 Å². The van der Waals surface area contributed by atoms with Gasteiger partial charge in [-0.3, -0.25) is 0 Å². The fraction of sp³-hybridized carbons (Fsp3) is 0.846. The highest BCUT2D eigenvalue weighted by atomic mass is 15.3. The Morgan fingerprint density at radius 3 is 2.88 bits per heavy atom. The van der Waals surface area contributed by atoms with Crippen LogP contribution >= 0.6 is 0 Å². The maximum Gasteiger partial charge on any atom is 0.134 e. The first-order chi connectivity index (χ1) is 8.24. The van der Waals surface area contributed by atoms with Gasteiger partial charge in [0, 0.05) is 25.4 Å². The third-order valence-electron chi connectivity index (χ3n) is 4.37. The van der Waals surface area contributed by atoms with Crippen LogP contribution in [-0.4, -0.2) is 39.3 Å². The van der Waals surface area contributed by atoms with Crippen molar-refractivity contribution in [1.29, 1.82) is 0 Å². The van der Waals surface area contributed by atoms with Crippen molar-refractivity contribution in [3.8, 4) is 0 Å². The van der Waals surface area contributed by atoms with E-state index in [1.54, 1.807) is 0 Å². The van der Waals surface area contributed by atoms with E-state index in [1.165, 1.54) is 37.5 Å². The van der Waals surface area contributed by atoms with E-state index < -0.39 is 0 Å². The second-order valence-corrected chi connectivity index (χ2v) is 5.76. The van der Waals surface area contributed by atoms with E-state index in [4.69, 9.17) is 0 Å². The van der Waals surface area contributed by atoms with Crippen LogP contribution in [0.25, 0.3) is 0 Å². The molecule has 17 heavy (non-hydrogen) atoms. The van der Waals surface area contributed by atoms with E-state index in [0.717, 1.165) is 25.3 Å². The Kier molecular flexibility index (Phi) is 2.90. The van der Waals surface area contributed by atoms with Gasteiger partial charge in [-0.2, -0.15) is 0 Å². The lowest BCUT2D eigenvalue weighted by Gasteiger charge is -2.22. The van der Waals surface area contributed by atoms with E-state index in [0.29, 0.717) is 6.04 Å². The molecule has 2 aliphatic rings. The normalized spacial score (nSPS) is 29.5. The molecule has 0 N–H and O–H groups in total. The van der Waals surface area contributed by atoms with Gasteiger partial charge >= 0.3 is 0 Å². The molecule has 0 amide bonds. The third kappa shape index (κ3) is 2.10. The Balaban J connectivity index is 1.76. The van der Waals surface area contributed by atoms with Crippen LogP contribution < -0.4 is 0 Å². The van der Waals surface area contributed by atoms with Gasteiger partial charge in [-0.1, -0.05) is 6.92 Å². The molecule has 0 spiro atoms. The lowest BCUT2D eigenvalue weighted by molar-refractivity contribution is 0.300. The zero-order valence-corrected chi connectivity index (χ0v) is 10.9. The van der Waals surface area contributed by atoms with Gasteiger partial charge in [-0.25, -0.2) is 0 Å². The highest BCUT2D eigenvalue weighted by Crippen LogP contribution is 2.23. The summed E-state index contributed by atoms with van der Waals surface area (Å²) in [6.07, 6.45) is 6.11. The van der Waals surface area contributed by atoms with Crippen LogP contribution in [0.5, 0.6) is 0 Å². The number of nitrogens with zero attached hydrogens (tertiary/aromatic N) is 4. The Morgan fingerprint density at radius 1 is 1.24 bits per heavy atom. The molecule has 4 nitrogen and oxygen atoms in total. The molecule has 1 fully saturated rings.